The van der Waals surface area contributed by atoms with E-state index in [1.54, 1.807) is 0 Å². The van der Waals surface area contributed by atoms with E-state index in [1.165, 1.54) is 50.6 Å². The Bertz CT molecular complexity index is 1130. The number of hydrogen-bond acceptors (Lipinski definition) is 7. The molecule has 1 N–H and O–H groups in total. The molecule has 0 atom stereocenters. The summed E-state index contributed by atoms with van der Waals surface area (Å²) >= 11 is 6.08. The molecule has 0 bridgehead atoms. The topological polar surface area (TPSA) is 119 Å². The van der Waals surface area contributed by atoms with Crippen LogP contribution in [0.15, 0.2) is 41.3 Å². The number of halogens is 1. The maximum atomic E-state index is 13.1. The van der Waals surface area contributed by atoms with Crippen LogP contribution in [0.4, 0.5) is 11.4 Å². The van der Waals surface area contributed by atoms with Crippen LogP contribution >= 0.6 is 11.6 Å². The highest BCUT2D eigenvalue weighted by Crippen LogP contribution is 2.34. The summed E-state index contributed by atoms with van der Waals surface area (Å²) in [6.07, 6.45) is 0.113. The van der Waals surface area contributed by atoms with Crippen LogP contribution < -0.4 is 14.4 Å². The van der Waals surface area contributed by atoms with E-state index in [-0.39, 0.29) is 45.4 Å². The summed E-state index contributed by atoms with van der Waals surface area (Å²) in [5.74, 6) is -1.52. The van der Waals surface area contributed by atoms with Crippen molar-refractivity contribution in [2.24, 2.45) is 0 Å². The van der Waals surface area contributed by atoms with Gasteiger partial charge in [0, 0.05) is 12.8 Å². The maximum absolute atomic E-state index is 13.1. The van der Waals surface area contributed by atoms with Crippen molar-refractivity contribution in [1.29, 1.82) is 0 Å². The Hall–Kier alpha value is -3.11. The predicted octanol–water partition coefficient (Wildman–Crippen LogP) is 2.59. The lowest BCUT2D eigenvalue weighted by atomic mass is 10.2. The first-order valence-corrected chi connectivity index (χ1v) is 10.5. The van der Waals surface area contributed by atoms with E-state index < -0.39 is 27.8 Å². The smallest absolute Gasteiger partial charge is 0.337 e. The van der Waals surface area contributed by atoms with E-state index >= 15 is 0 Å². The van der Waals surface area contributed by atoms with Crippen LogP contribution in [0, 0.1) is 0 Å². The molecule has 0 saturated carbocycles. The number of sulfonamides is 1. The third kappa shape index (κ3) is 4.10. The van der Waals surface area contributed by atoms with Crippen molar-refractivity contribution in [3.63, 3.8) is 0 Å². The van der Waals surface area contributed by atoms with Crippen LogP contribution in [0.2, 0.25) is 5.02 Å². The Morgan fingerprint density at radius 3 is 2.33 bits per heavy atom. The number of methoxy groups -OCH3 is 2. The molecule has 30 heavy (non-hydrogen) atoms. The molecule has 2 aromatic carbocycles. The molecule has 0 aromatic heterocycles. The highest BCUT2D eigenvalue weighted by Gasteiger charge is 2.32. The van der Waals surface area contributed by atoms with Crippen molar-refractivity contribution in [3.8, 4) is 5.75 Å². The first kappa shape index (κ1) is 21.6. The Labute approximate surface area is 177 Å². The number of carbonyl (C=O) groups is 3. The average molecular weight is 453 g/mol. The molecular weight excluding hydrogens is 436 g/mol. The van der Waals surface area contributed by atoms with E-state index in [4.69, 9.17) is 16.3 Å². The molecule has 158 valence electrons. The molecule has 0 unspecified atom stereocenters. The second-order valence-electron chi connectivity index (χ2n) is 6.25. The van der Waals surface area contributed by atoms with Gasteiger partial charge in [0.1, 0.15) is 10.6 Å². The van der Waals surface area contributed by atoms with Crippen LogP contribution in [-0.4, -0.2) is 40.4 Å². The fourth-order valence-corrected chi connectivity index (χ4v) is 4.41. The molecule has 11 heteroatoms. The zero-order valence-electron chi connectivity index (χ0n) is 16.0. The summed E-state index contributed by atoms with van der Waals surface area (Å²) < 4.78 is 38.2. The highest BCUT2D eigenvalue weighted by molar-refractivity contribution is 7.92. The molecule has 0 aliphatic carbocycles. The molecule has 3 rings (SSSR count). The van der Waals surface area contributed by atoms with E-state index in [9.17, 15) is 22.8 Å². The lowest BCUT2D eigenvalue weighted by molar-refractivity contribution is -0.121. The molecule has 1 saturated heterocycles. The van der Waals surface area contributed by atoms with Crippen LogP contribution in [-0.2, 0) is 24.3 Å². The average Bonchev–Trinajstić information content (AvgIpc) is 3.06. The lowest BCUT2D eigenvalue weighted by Crippen LogP contribution is -2.28. The van der Waals surface area contributed by atoms with Gasteiger partial charge >= 0.3 is 5.97 Å². The number of benzene rings is 2. The predicted molar refractivity (Wildman–Crippen MR) is 108 cm³/mol. The minimum absolute atomic E-state index is 0.00871. The molecule has 0 radical (unpaired) electrons. The van der Waals surface area contributed by atoms with Gasteiger partial charge in [0.2, 0.25) is 11.8 Å². The summed E-state index contributed by atoms with van der Waals surface area (Å²) in [5, 5.41) is 0.0475. The normalized spacial score (nSPS) is 14.0. The van der Waals surface area contributed by atoms with Gasteiger partial charge < -0.3 is 9.47 Å². The van der Waals surface area contributed by atoms with Crippen molar-refractivity contribution < 1.29 is 32.3 Å². The maximum Gasteiger partial charge on any atom is 0.337 e. The minimum Gasteiger partial charge on any atom is -0.495 e. The minimum atomic E-state index is -4.28. The summed E-state index contributed by atoms with van der Waals surface area (Å²) in [4.78, 5) is 36.4. The van der Waals surface area contributed by atoms with Crippen molar-refractivity contribution >= 4 is 50.8 Å². The number of carbonyl (C=O) groups excluding carboxylic acids is 3. The second-order valence-corrected chi connectivity index (χ2v) is 8.31. The molecular formula is C19H17ClN2O7S. The monoisotopic (exact) mass is 452 g/mol. The number of rotatable bonds is 6. The van der Waals surface area contributed by atoms with E-state index in [0.717, 1.165) is 4.90 Å². The van der Waals surface area contributed by atoms with Crippen LogP contribution in [0.1, 0.15) is 23.2 Å². The molecule has 1 aliphatic heterocycles. The van der Waals surface area contributed by atoms with Gasteiger partial charge in [0.15, 0.2) is 0 Å². The zero-order valence-corrected chi connectivity index (χ0v) is 17.5. The Morgan fingerprint density at radius 1 is 1.07 bits per heavy atom. The number of anilines is 2. The number of ether oxygens (including phenoxy) is 2. The van der Waals surface area contributed by atoms with E-state index in [1.807, 2.05) is 0 Å². The van der Waals surface area contributed by atoms with Crippen LogP contribution in [0.5, 0.6) is 5.75 Å². The van der Waals surface area contributed by atoms with Crippen molar-refractivity contribution in [1.82, 2.24) is 0 Å². The fraction of sp³-hybridized carbons (Fsp3) is 0.211. The summed E-state index contributed by atoms with van der Waals surface area (Å²) in [6.45, 7) is 0. The molecule has 2 amide bonds. The molecule has 1 heterocycles. The van der Waals surface area contributed by atoms with Gasteiger partial charge in [0.25, 0.3) is 10.0 Å². The van der Waals surface area contributed by atoms with E-state index in [0.29, 0.717) is 0 Å². The summed E-state index contributed by atoms with van der Waals surface area (Å²) in [7, 11) is -1.80. The number of nitrogens with zero attached hydrogens (tertiary/aromatic N) is 1. The summed E-state index contributed by atoms with van der Waals surface area (Å²) in [6, 6.07) is 7.90. The van der Waals surface area contributed by atoms with Crippen LogP contribution in [0.25, 0.3) is 0 Å². The Kier molecular flexibility index (Phi) is 5.99. The number of imide groups is 1. The van der Waals surface area contributed by atoms with Crippen molar-refractivity contribution in [2.75, 3.05) is 23.8 Å². The molecule has 0 spiro atoms. The third-order valence-corrected chi connectivity index (χ3v) is 6.09. The van der Waals surface area contributed by atoms with Gasteiger partial charge in [-0.05, 0) is 36.4 Å². The SMILES string of the molecule is COC(=O)c1ccc(Cl)c(NS(=O)(=O)c2cc(N3C(=O)CCC3=O)ccc2OC)c1. The molecule has 2 aromatic rings. The Balaban J connectivity index is 2.04. The first-order valence-electron chi connectivity index (χ1n) is 8.62. The van der Waals surface area contributed by atoms with Gasteiger partial charge in [-0.3, -0.25) is 19.2 Å². The number of esters is 1. The standard InChI is InChI=1S/C19H17ClN2O7S/c1-28-15-6-4-12(22-17(23)7-8-18(22)24)10-16(15)30(26,27)21-14-9-11(19(25)29-2)3-5-13(14)20/h3-6,9-10,21H,7-8H2,1-2H3. The van der Waals surface area contributed by atoms with Gasteiger partial charge in [-0.15, -0.1) is 0 Å². The Morgan fingerprint density at radius 2 is 1.73 bits per heavy atom. The third-order valence-electron chi connectivity index (χ3n) is 4.38. The second kappa shape index (κ2) is 8.33. The first-order chi connectivity index (χ1) is 14.2. The fourth-order valence-electron chi connectivity index (χ4n) is 2.93. The van der Waals surface area contributed by atoms with Crippen LogP contribution in [0.3, 0.4) is 0 Å². The lowest BCUT2D eigenvalue weighted by Gasteiger charge is -2.18. The number of amides is 2. The molecule has 1 fully saturated rings. The quantitative estimate of drug-likeness (QED) is 0.528. The number of hydrogen-bond donors (Lipinski definition) is 1. The molecule has 9 nitrogen and oxygen atoms in total. The highest BCUT2D eigenvalue weighted by atomic mass is 35.5. The van der Waals surface area contributed by atoms with Gasteiger partial charge in [-0.1, -0.05) is 11.6 Å². The van der Waals surface area contributed by atoms with Gasteiger partial charge in [-0.25, -0.2) is 13.2 Å². The number of nitrogens with one attached hydrogen (secondary N) is 1. The van der Waals surface area contributed by atoms with Crippen molar-refractivity contribution in [2.45, 2.75) is 17.7 Å². The largest absolute Gasteiger partial charge is 0.495 e. The van der Waals surface area contributed by atoms with Gasteiger partial charge in [-0.2, -0.15) is 0 Å². The van der Waals surface area contributed by atoms with E-state index in [2.05, 4.69) is 9.46 Å². The zero-order chi connectivity index (χ0) is 22.1. The van der Waals surface area contributed by atoms with Gasteiger partial charge in [0.05, 0.1) is 36.2 Å². The summed E-state index contributed by atoms with van der Waals surface area (Å²) in [5.41, 5.74) is 0.145. The molecule has 1 aliphatic rings. The van der Waals surface area contributed by atoms with Crippen molar-refractivity contribution in [3.05, 3.63) is 47.0 Å².